The van der Waals surface area contributed by atoms with Gasteiger partial charge in [-0.1, -0.05) is 51.1 Å². The van der Waals surface area contributed by atoms with Crippen molar-refractivity contribution in [2.45, 2.75) is 33.2 Å². The molecule has 6 heteroatoms. The summed E-state index contributed by atoms with van der Waals surface area (Å²) in [6.45, 7) is 6.16. The van der Waals surface area contributed by atoms with Crippen LogP contribution in [0.5, 0.6) is 0 Å². The first-order valence-corrected chi connectivity index (χ1v) is 9.61. The highest BCUT2D eigenvalue weighted by atomic mass is 32.1. The Balaban J connectivity index is 2.06. The number of carbonyl (C=O) groups excluding carboxylic acids is 1. The van der Waals surface area contributed by atoms with E-state index in [1.54, 1.807) is 0 Å². The van der Waals surface area contributed by atoms with Crippen molar-refractivity contribution in [1.29, 1.82) is 0 Å². The zero-order valence-electron chi connectivity index (χ0n) is 15.1. The molecule has 0 N–H and O–H groups in total. The smallest absolute Gasteiger partial charge is 0.329 e. The number of fused-ring (bicyclic) bond motifs is 1. The van der Waals surface area contributed by atoms with E-state index in [1.807, 2.05) is 56.5 Å². The zero-order chi connectivity index (χ0) is 18.7. The lowest BCUT2D eigenvalue weighted by molar-refractivity contribution is -0.149. The van der Waals surface area contributed by atoms with Gasteiger partial charge in [-0.25, -0.2) is 9.78 Å². The van der Waals surface area contributed by atoms with Crippen LogP contribution in [0.3, 0.4) is 0 Å². The molecule has 5 nitrogen and oxygen atoms in total. The molecule has 0 unspecified atom stereocenters. The van der Waals surface area contributed by atoms with Crippen LogP contribution in [-0.2, 0) is 9.53 Å². The Kier molecular flexibility index (Phi) is 5.52. The van der Waals surface area contributed by atoms with Crippen molar-refractivity contribution in [1.82, 2.24) is 9.55 Å². The van der Waals surface area contributed by atoms with Gasteiger partial charge in [-0.05, 0) is 17.9 Å². The number of benzene rings is 1. The van der Waals surface area contributed by atoms with Gasteiger partial charge in [0, 0.05) is 10.9 Å². The minimum Gasteiger partial charge on any atom is -0.464 e. The van der Waals surface area contributed by atoms with Crippen LogP contribution in [0, 0.1) is 5.92 Å². The van der Waals surface area contributed by atoms with Gasteiger partial charge in [-0.15, -0.1) is 11.3 Å². The molecule has 3 aromatic rings. The molecule has 0 aliphatic rings. The molecule has 0 amide bonds. The van der Waals surface area contributed by atoms with Crippen LogP contribution in [0.25, 0.3) is 21.3 Å². The first-order chi connectivity index (χ1) is 12.5. The zero-order valence-corrected chi connectivity index (χ0v) is 16.0. The van der Waals surface area contributed by atoms with E-state index in [9.17, 15) is 9.59 Å². The van der Waals surface area contributed by atoms with Crippen molar-refractivity contribution >= 4 is 27.5 Å². The first kappa shape index (κ1) is 18.3. The quantitative estimate of drug-likeness (QED) is 0.608. The van der Waals surface area contributed by atoms with Crippen molar-refractivity contribution in [3.8, 4) is 11.1 Å². The number of rotatable bonds is 6. The van der Waals surface area contributed by atoms with Gasteiger partial charge in [0.05, 0.1) is 18.3 Å². The standard InChI is InChI=1S/C20H22N2O3S/c1-4-16(20(24)25-10-13(2)3)22-12-21-18-17(19(22)23)15(11-26-18)14-8-6-5-7-9-14/h5-9,11-13,16H,4,10H2,1-3H3/t16-/m0/s1. The lowest BCUT2D eigenvalue weighted by atomic mass is 10.1. The summed E-state index contributed by atoms with van der Waals surface area (Å²) >= 11 is 1.43. The highest BCUT2D eigenvalue weighted by Crippen LogP contribution is 2.30. The van der Waals surface area contributed by atoms with Gasteiger partial charge < -0.3 is 4.74 Å². The Bertz CT molecular complexity index is 960. The summed E-state index contributed by atoms with van der Waals surface area (Å²) < 4.78 is 6.76. The third-order valence-electron chi connectivity index (χ3n) is 4.16. The fourth-order valence-corrected chi connectivity index (χ4v) is 3.73. The Labute approximate surface area is 156 Å². The number of carbonyl (C=O) groups is 1. The van der Waals surface area contributed by atoms with E-state index in [0.29, 0.717) is 23.2 Å². The number of hydrogen-bond donors (Lipinski definition) is 0. The number of hydrogen-bond acceptors (Lipinski definition) is 5. The molecular weight excluding hydrogens is 348 g/mol. The van der Waals surface area contributed by atoms with Gasteiger partial charge in [-0.2, -0.15) is 0 Å². The van der Waals surface area contributed by atoms with Gasteiger partial charge in [0.15, 0.2) is 0 Å². The van der Waals surface area contributed by atoms with E-state index in [-0.39, 0.29) is 17.4 Å². The van der Waals surface area contributed by atoms with Gasteiger partial charge in [0.25, 0.3) is 5.56 Å². The molecule has 3 rings (SSSR count). The van der Waals surface area contributed by atoms with Crippen molar-refractivity contribution in [3.05, 3.63) is 52.4 Å². The summed E-state index contributed by atoms with van der Waals surface area (Å²) in [7, 11) is 0. The van der Waals surface area contributed by atoms with Gasteiger partial charge in [-0.3, -0.25) is 9.36 Å². The number of nitrogens with zero attached hydrogens (tertiary/aromatic N) is 2. The summed E-state index contributed by atoms with van der Waals surface area (Å²) in [4.78, 5) is 30.7. The fourth-order valence-electron chi connectivity index (χ4n) is 2.82. The number of thiophene rings is 1. The molecule has 0 fully saturated rings. The summed E-state index contributed by atoms with van der Waals surface area (Å²) in [6.07, 6.45) is 1.93. The molecule has 0 saturated heterocycles. The Morgan fingerprint density at radius 2 is 2.00 bits per heavy atom. The highest BCUT2D eigenvalue weighted by Gasteiger charge is 2.24. The van der Waals surface area contributed by atoms with Crippen LogP contribution in [0.1, 0.15) is 33.2 Å². The van der Waals surface area contributed by atoms with Crippen LogP contribution < -0.4 is 5.56 Å². The van der Waals surface area contributed by atoms with E-state index in [4.69, 9.17) is 4.74 Å². The van der Waals surface area contributed by atoms with Crippen molar-refractivity contribution in [3.63, 3.8) is 0 Å². The third kappa shape index (κ3) is 3.55. The summed E-state index contributed by atoms with van der Waals surface area (Å²) in [6, 6.07) is 9.07. The number of aromatic nitrogens is 2. The second kappa shape index (κ2) is 7.83. The molecule has 2 heterocycles. The predicted octanol–water partition coefficient (Wildman–Crippen LogP) is 4.28. The molecular formula is C20H22N2O3S. The molecule has 136 valence electrons. The average Bonchev–Trinajstić information content (AvgIpc) is 3.08. The van der Waals surface area contributed by atoms with Crippen LogP contribution in [-0.4, -0.2) is 22.1 Å². The second-order valence-electron chi connectivity index (χ2n) is 6.60. The summed E-state index contributed by atoms with van der Waals surface area (Å²) in [5.41, 5.74) is 1.61. The Morgan fingerprint density at radius 3 is 2.65 bits per heavy atom. The monoisotopic (exact) mass is 370 g/mol. The van der Waals surface area contributed by atoms with Crippen molar-refractivity contribution < 1.29 is 9.53 Å². The second-order valence-corrected chi connectivity index (χ2v) is 7.46. The molecule has 0 spiro atoms. The largest absolute Gasteiger partial charge is 0.464 e. The maximum Gasteiger partial charge on any atom is 0.329 e. The fraction of sp³-hybridized carbons (Fsp3) is 0.350. The van der Waals surface area contributed by atoms with E-state index in [1.165, 1.54) is 22.2 Å². The van der Waals surface area contributed by atoms with Gasteiger partial charge >= 0.3 is 5.97 Å². The SMILES string of the molecule is CC[C@@H](C(=O)OCC(C)C)n1cnc2scc(-c3ccccc3)c2c1=O. The average molecular weight is 370 g/mol. The van der Waals surface area contributed by atoms with E-state index in [0.717, 1.165) is 11.1 Å². The maximum atomic E-state index is 13.1. The van der Waals surface area contributed by atoms with Gasteiger partial charge in [0.2, 0.25) is 0 Å². The van der Waals surface area contributed by atoms with Crippen LogP contribution >= 0.6 is 11.3 Å². The van der Waals surface area contributed by atoms with Crippen molar-refractivity contribution in [2.24, 2.45) is 5.92 Å². The van der Waals surface area contributed by atoms with Crippen LogP contribution in [0.15, 0.2) is 46.8 Å². The van der Waals surface area contributed by atoms with Gasteiger partial charge in [0.1, 0.15) is 10.9 Å². The Hall–Kier alpha value is -2.47. The topological polar surface area (TPSA) is 61.2 Å². The molecule has 26 heavy (non-hydrogen) atoms. The minimum absolute atomic E-state index is 0.205. The van der Waals surface area contributed by atoms with E-state index < -0.39 is 6.04 Å². The first-order valence-electron chi connectivity index (χ1n) is 8.73. The third-order valence-corrected chi connectivity index (χ3v) is 5.04. The molecule has 1 atom stereocenters. The number of ether oxygens (including phenoxy) is 1. The molecule has 0 saturated carbocycles. The molecule has 0 radical (unpaired) electrons. The lowest BCUT2D eigenvalue weighted by Crippen LogP contribution is -2.31. The number of esters is 1. The summed E-state index contributed by atoms with van der Waals surface area (Å²) in [5, 5.41) is 2.50. The van der Waals surface area contributed by atoms with Crippen LogP contribution in [0.4, 0.5) is 0 Å². The molecule has 0 aliphatic carbocycles. The normalized spacial score (nSPS) is 12.5. The molecule has 0 aliphatic heterocycles. The van der Waals surface area contributed by atoms with Crippen LogP contribution in [0.2, 0.25) is 0 Å². The van der Waals surface area contributed by atoms with E-state index in [2.05, 4.69) is 4.98 Å². The summed E-state index contributed by atoms with van der Waals surface area (Å²) in [5.74, 6) is -0.142. The Morgan fingerprint density at radius 1 is 1.27 bits per heavy atom. The lowest BCUT2D eigenvalue weighted by Gasteiger charge is -2.17. The molecule has 0 bridgehead atoms. The predicted molar refractivity (Wildman–Crippen MR) is 104 cm³/mol. The van der Waals surface area contributed by atoms with Crippen molar-refractivity contribution in [2.75, 3.05) is 6.61 Å². The minimum atomic E-state index is -0.665. The maximum absolute atomic E-state index is 13.1. The molecule has 2 aromatic heterocycles. The highest BCUT2D eigenvalue weighted by molar-refractivity contribution is 7.17. The van der Waals surface area contributed by atoms with E-state index >= 15 is 0 Å². The molecule has 1 aromatic carbocycles.